The fraction of sp³-hybridized carbons (Fsp3) is 1.00. The van der Waals surface area contributed by atoms with Crippen LogP contribution in [0.15, 0.2) is 0 Å². The maximum atomic E-state index is 12.0. The van der Waals surface area contributed by atoms with Gasteiger partial charge in [0.1, 0.15) is 0 Å². The van der Waals surface area contributed by atoms with Gasteiger partial charge in [-0.2, -0.15) is 0 Å². The van der Waals surface area contributed by atoms with Gasteiger partial charge in [0, 0.05) is 18.6 Å². The van der Waals surface area contributed by atoms with Crippen molar-refractivity contribution in [3.05, 3.63) is 0 Å². The van der Waals surface area contributed by atoms with Crippen LogP contribution in [0.4, 0.5) is 0 Å². The van der Waals surface area contributed by atoms with E-state index in [0.29, 0.717) is 6.54 Å². The van der Waals surface area contributed by atoms with Crippen molar-refractivity contribution < 1.29 is 13.5 Å². The molecule has 1 saturated heterocycles. The van der Waals surface area contributed by atoms with Crippen molar-refractivity contribution >= 4 is 9.84 Å². The number of rotatable bonds is 4. The third-order valence-corrected chi connectivity index (χ3v) is 5.46. The monoisotopic (exact) mass is 235 g/mol. The van der Waals surface area contributed by atoms with Crippen LogP contribution in [0.1, 0.15) is 20.3 Å². The number of aliphatic hydroxyl groups excluding tert-OH is 1. The van der Waals surface area contributed by atoms with E-state index in [2.05, 4.69) is 0 Å². The summed E-state index contributed by atoms with van der Waals surface area (Å²) < 4.78 is 24.0. The highest BCUT2D eigenvalue weighted by atomic mass is 32.2. The quantitative estimate of drug-likeness (QED) is 0.752. The standard InChI is InChI=1S/C10H21NO3S/c1-10(2,7-12)8-15(13,14)9-4-5-11(3)6-9/h9,12H,4-8H2,1-3H3. The Balaban J connectivity index is 2.68. The molecule has 1 aliphatic rings. The molecule has 0 radical (unpaired) electrons. The van der Waals surface area contributed by atoms with Crippen LogP contribution in [0.3, 0.4) is 0 Å². The molecule has 0 saturated carbocycles. The van der Waals surface area contributed by atoms with E-state index in [1.165, 1.54) is 0 Å². The summed E-state index contributed by atoms with van der Waals surface area (Å²) in [6, 6.07) is 0. The molecule has 15 heavy (non-hydrogen) atoms. The lowest BCUT2D eigenvalue weighted by molar-refractivity contribution is 0.178. The maximum Gasteiger partial charge on any atom is 0.155 e. The third-order valence-electron chi connectivity index (χ3n) is 2.88. The summed E-state index contributed by atoms with van der Waals surface area (Å²) in [4.78, 5) is 2.04. The molecule has 0 spiro atoms. The fourth-order valence-electron chi connectivity index (χ4n) is 1.90. The lowest BCUT2D eigenvalue weighted by Gasteiger charge is -2.23. The van der Waals surface area contributed by atoms with E-state index in [-0.39, 0.29) is 17.6 Å². The molecule has 1 aliphatic heterocycles. The minimum atomic E-state index is -3.06. The minimum absolute atomic E-state index is 0.0784. The molecular weight excluding hydrogens is 214 g/mol. The zero-order valence-corrected chi connectivity index (χ0v) is 10.5. The molecular formula is C10H21NO3S. The predicted octanol–water partition coefficient (Wildman–Crippen LogP) is 0.124. The van der Waals surface area contributed by atoms with Crippen LogP contribution in [0, 0.1) is 5.41 Å². The first-order chi connectivity index (χ1) is 6.77. The van der Waals surface area contributed by atoms with E-state index in [0.717, 1.165) is 13.0 Å². The van der Waals surface area contributed by atoms with Gasteiger partial charge in [0.05, 0.1) is 11.0 Å². The second-order valence-electron chi connectivity index (χ2n) is 5.30. The Morgan fingerprint density at radius 3 is 2.47 bits per heavy atom. The van der Waals surface area contributed by atoms with Crippen molar-refractivity contribution in [2.24, 2.45) is 5.41 Å². The Kier molecular flexibility index (Phi) is 3.79. The number of hydrogen-bond donors (Lipinski definition) is 1. The molecule has 0 bridgehead atoms. The first-order valence-corrected chi connectivity index (χ1v) is 6.99. The van der Waals surface area contributed by atoms with Crippen molar-refractivity contribution in [1.29, 1.82) is 0 Å². The number of aliphatic hydroxyl groups is 1. The van der Waals surface area contributed by atoms with Gasteiger partial charge < -0.3 is 10.0 Å². The topological polar surface area (TPSA) is 57.6 Å². The Bertz CT molecular complexity index is 311. The minimum Gasteiger partial charge on any atom is -0.396 e. The van der Waals surface area contributed by atoms with E-state index in [9.17, 15) is 8.42 Å². The maximum absolute atomic E-state index is 12.0. The summed E-state index contributed by atoms with van der Waals surface area (Å²) in [5.74, 6) is 0.0784. The second kappa shape index (κ2) is 4.39. The summed E-state index contributed by atoms with van der Waals surface area (Å²) in [6.07, 6.45) is 0.723. The number of nitrogens with zero attached hydrogens (tertiary/aromatic N) is 1. The first kappa shape index (κ1) is 12.9. The van der Waals surface area contributed by atoms with Gasteiger partial charge >= 0.3 is 0 Å². The van der Waals surface area contributed by atoms with Gasteiger partial charge in [0.25, 0.3) is 0 Å². The summed E-state index contributed by atoms with van der Waals surface area (Å²) >= 11 is 0. The molecule has 1 unspecified atom stereocenters. The van der Waals surface area contributed by atoms with Crippen molar-refractivity contribution in [3.63, 3.8) is 0 Å². The molecule has 90 valence electrons. The highest BCUT2D eigenvalue weighted by molar-refractivity contribution is 7.92. The van der Waals surface area contributed by atoms with Gasteiger partial charge in [0.15, 0.2) is 9.84 Å². The SMILES string of the molecule is CN1CCC(S(=O)(=O)CC(C)(C)CO)C1. The van der Waals surface area contributed by atoms with E-state index >= 15 is 0 Å². The molecule has 4 nitrogen and oxygen atoms in total. The van der Waals surface area contributed by atoms with E-state index in [1.807, 2.05) is 11.9 Å². The normalized spacial score (nSPS) is 24.7. The lowest BCUT2D eigenvalue weighted by atomic mass is 9.98. The Hall–Kier alpha value is -0.130. The Morgan fingerprint density at radius 1 is 1.47 bits per heavy atom. The van der Waals surface area contributed by atoms with Crippen LogP contribution in [0.25, 0.3) is 0 Å². The zero-order chi connectivity index (χ0) is 11.7. The summed E-state index contributed by atoms with van der Waals surface area (Å²) in [5.41, 5.74) is -0.528. The van der Waals surface area contributed by atoms with E-state index in [4.69, 9.17) is 5.11 Å². The molecule has 0 aliphatic carbocycles. The van der Waals surface area contributed by atoms with Crippen LogP contribution in [0.2, 0.25) is 0 Å². The summed E-state index contributed by atoms with van der Waals surface area (Å²) in [7, 11) is -1.13. The molecule has 1 rings (SSSR count). The third kappa shape index (κ3) is 3.43. The van der Waals surface area contributed by atoms with Crippen LogP contribution in [-0.4, -0.2) is 56.2 Å². The van der Waals surface area contributed by atoms with Crippen molar-refractivity contribution in [2.75, 3.05) is 32.5 Å². The van der Waals surface area contributed by atoms with Gasteiger partial charge in [-0.25, -0.2) is 8.42 Å². The Morgan fingerprint density at radius 2 is 2.07 bits per heavy atom. The van der Waals surface area contributed by atoms with Crippen LogP contribution < -0.4 is 0 Å². The zero-order valence-electron chi connectivity index (χ0n) is 9.73. The van der Waals surface area contributed by atoms with Gasteiger partial charge in [-0.15, -0.1) is 0 Å². The van der Waals surface area contributed by atoms with Gasteiger partial charge in [-0.1, -0.05) is 13.8 Å². The average Bonchev–Trinajstić information content (AvgIpc) is 2.51. The van der Waals surface area contributed by atoms with Crippen molar-refractivity contribution in [3.8, 4) is 0 Å². The highest BCUT2D eigenvalue weighted by Gasteiger charge is 2.35. The van der Waals surface area contributed by atoms with Gasteiger partial charge in [-0.05, 0) is 20.0 Å². The summed E-state index contributed by atoms with van der Waals surface area (Å²) in [6.45, 7) is 4.95. The molecule has 1 heterocycles. The lowest BCUT2D eigenvalue weighted by Crippen LogP contribution is -2.35. The molecule has 0 amide bonds. The Labute approximate surface area is 92.2 Å². The van der Waals surface area contributed by atoms with Gasteiger partial charge in [0.2, 0.25) is 0 Å². The molecule has 5 heteroatoms. The smallest absolute Gasteiger partial charge is 0.155 e. The summed E-state index contributed by atoms with van der Waals surface area (Å²) in [5, 5.41) is 8.84. The second-order valence-corrected chi connectivity index (χ2v) is 7.58. The molecule has 0 aromatic rings. The average molecular weight is 235 g/mol. The fourth-order valence-corrected chi connectivity index (χ4v) is 4.26. The molecule has 1 atom stereocenters. The van der Waals surface area contributed by atoms with Crippen molar-refractivity contribution in [1.82, 2.24) is 4.90 Å². The van der Waals surface area contributed by atoms with Gasteiger partial charge in [-0.3, -0.25) is 0 Å². The van der Waals surface area contributed by atoms with Crippen molar-refractivity contribution in [2.45, 2.75) is 25.5 Å². The van der Waals surface area contributed by atoms with Crippen LogP contribution in [0.5, 0.6) is 0 Å². The number of hydrogen-bond acceptors (Lipinski definition) is 4. The van der Waals surface area contributed by atoms with E-state index in [1.54, 1.807) is 13.8 Å². The molecule has 1 fully saturated rings. The molecule has 0 aromatic carbocycles. The molecule has 0 aromatic heterocycles. The van der Waals surface area contributed by atoms with Crippen LogP contribution in [-0.2, 0) is 9.84 Å². The largest absolute Gasteiger partial charge is 0.396 e. The number of sulfone groups is 1. The van der Waals surface area contributed by atoms with E-state index < -0.39 is 15.3 Å². The predicted molar refractivity (Wildman–Crippen MR) is 60.6 cm³/mol. The highest BCUT2D eigenvalue weighted by Crippen LogP contribution is 2.23. The molecule has 1 N–H and O–H groups in total. The first-order valence-electron chi connectivity index (χ1n) is 5.28. The van der Waals surface area contributed by atoms with Crippen LogP contribution >= 0.6 is 0 Å². The number of likely N-dealkylation sites (tertiary alicyclic amines) is 1.